The predicted octanol–water partition coefficient (Wildman–Crippen LogP) is 2.23. The van der Waals surface area contributed by atoms with E-state index in [1.165, 1.54) is 11.5 Å². The summed E-state index contributed by atoms with van der Waals surface area (Å²) in [6.45, 7) is 2.41. The molecule has 0 fully saturated rings. The highest BCUT2D eigenvalue weighted by atomic mass is 32.1. The second-order valence-corrected chi connectivity index (χ2v) is 4.23. The van der Waals surface area contributed by atoms with Crippen LogP contribution in [0, 0.1) is 0 Å². The van der Waals surface area contributed by atoms with Crippen molar-refractivity contribution in [3.63, 3.8) is 0 Å². The molecule has 2 aromatic rings. The fourth-order valence-electron chi connectivity index (χ4n) is 1.41. The first kappa shape index (κ1) is 11.7. The highest BCUT2D eigenvalue weighted by Gasteiger charge is 2.01. The summed E-state index contributed by atoms with van der Waals surface area (Å²) in [4.78, 5) is 11.1. The number of nitrogens with one attached hydrogen (secondary N) is 1. The molecule has 1 N–H and O–H groups in total. The Morgan fingerprint density at radius 2 is 2.12 bits per heavy atom. The van der Waals surface area contributed by atoms with Gasteiger partial charge in [-0.15, -0.1) is 5.10 Å². The average molecular weight is 247 g/mol. The van der Waals surface area contributed by atoms with Crippen molar-refractivity contribution in [2.45, 2.75) is 19.9 Å². The van der Waals surface area contributed by atoms with E-state index in [9.17, 15) is 4.79 Å². The minimum Gasteiger partial charge on any atom is -0.352 e. The lowest BCUT2D eigenvalue weighted by molar-refractivity contribution is -0.120. The number of rotatable bonds is 4. The molecule has 4 nitrogen and oxygen atoms in total. The van der Waals surface area contributed by atoms with Crippen molar-refractivity contribution >= 4 is 17.4 Å². The topological polar surface area (TPSA) is 54.9 Å². The number of benzene rings is 1. The van der Waals surface area contributed by atoms with Crippen LogP contribution in [0.5, 0.6) is 0 Å². The minimum absolute atomic E-state index is 0.0674. The number of hydrogen-bond acceptors (Lipinski definition) is 4. The molecule has 1 aromatic carbocycles. The van der Waals surface area contributed by atoms with Gasteiger partial charge in [-0.3, -0.25) is 4.79 Å². The molecule has 1 amide bonds. The molecule has 17 heavy (non-hydrogen) atoms. The fourth-order valence-corrected chi connectivity index (χ4v) is 1.87. The Morgan fingerprint density at radius 1 is 1.35 bits per heavy atom. The number of amides is 1. The van der Waals surface area contributed by atoms with Crippen LogP contribution in [0.25, 0.3) is 11.3 Å². The Bertz CT molecular complexity index is 479. The third kappa shape index (κ3) is 3.10. The number of carbonyl (C=O) groups is 1. The lowest BCUT2D eigenvalue weighted by Gasteiger charge is -2.04. The highest BCUT2D eigenvalue weighted by molar-refractivity contribution is 7.03. The van der Waals surface area contributed by atoms with Gasteiger partial charge in [0, 0.05) is 23.9 Å². The van der Waals surface area contributed by atoms with Gasteiger partial charge in [0.1, 0.15) is 5.69 Å². The third-order valence-corrected chi connectivity index (χ3v) is 2.93. The number of aromatic nitrogens is 2. The van der Waals surface area contributed by atoms with Gasteiger partial charge < -0.3 is 5.32 Å². The van der Waals surface area contributed by atoms with E-state index < -0.39 is 0 Å². The molecule has 0 aliphatic heterocycles. The quantitative estimate of drug-likeness (QED) is 0.901. The van der Waals surface area contributed by atoms with Gasteiger partial charge in [0.15, 0.2) is 0 Å². The van der Waals surface area contributed by atoms with E-state index in [1.807, 2.05) is 36.6 Å². The summed E-state index contributed by atoms with van der Waals surface area (Å²) in [6, 6.07) is 7.96. The van der Waals surface area contributed by atoms with Crippen molar-refractivity contribution in [3.8, 4) is 11.3 Å². The lowest BCUT2D eigenvalue weighted by atomic mass is 10.1. The largest absolute Gasteiger partial charge is 0.352 e. The molecule has 0 saturated heterocycles. The van der Waals surface area contributed by atoms with Gasteiger partial charge in [0.2, 0.25) is 5.91 Å². The van der Waals surface area contributed by atoms with Crippen molar-refractivity contribution in [2.75, 3.05) is 0 Å². The Labute approximate surface area is 104 Å². The summed E-state index contributed by atoms with van der Waals surface area (Å²) >= 11 is 1.34. The molecule has 88 valence electrons. The standard InChI is InChI=1S/C12H13N3OS/c1-2-12(16)13-7-9-3-5-10(6-4-9)11-8-17-15-14-11/h3-6,8H,2,7H2,1H3,(H,13,16). The van der Waals surface area contributed by atoms with E-state index in [1.54, 1.807) is 0 Å². The van der Waals surface area contributed by atoms with Crippen molar-refractivity contribution in [1.82, 2.24) is 14.9 Å². The molecule has 0 unspecified atom stereocenters. The van der Waals surface area contributed by atoms with Crippen LogP contribution in [0.4, 0.5) is 0 Å². The normalized spacial score (nSPS) is 10.2. The third-order valence-electron chi connectivity index (χ3n) is 2.42. The van der Waals surface area contributed by atoms with E-state index >= 15 is 0 Å². The van der Waals surface area contributed by atoms with Gasteiger partial charge in [0.05, 0.1) is 0 Å². The van der Waals surface area contributed by atoms with Gasteiger partial charge in [-0.1, -0.05) is 35.7 Å². The smallest absolute Gasteiger partial charge is 0.219 e. The number of nitrogens with zero attached hydrogens (tertiary/aromatic N) is 2. The molecule has 0 spiro atoms. The zero-order valence-electron chi connectivity index (χ0n) is 9.51. The predicted molar refractivity (Wildman–Crippen MR) is 67.5 cm³/mol. The number of carbonyl (C=O) groups excluding carboxylic acids is 1. The Morgan fingerprint density at radius 3 is 2.71 bits per heavy atom. The molecule has 1 aromatic heterocycles. The van der Waals surface area contributed by atoms with Crippen molar-refractivity contribution in [1.29, 1.82) is 0 Å². The average Bonchev–Trinajstić information content (AvgIpc) is 2.90. The molecule has 0 aliphatic carbocycles. The van der Waals surface area contributed by atoms with Gasteiger partial charge >= 0.3 is 0 Å². The molecular weight excluding hydrogens is 234 g/mol. The molecule has 5 heteroatoms. The van der Waals surface area contributed by atoms with E-state index in [-0.39, 0.29) is 5.91 Å². The van der Waals surface area contributed by atoms with Crippen LogP contribution >= 0.6 is 11.5 Å². The maximum Gasteiger partial charge on any atom is 0.219 e. The molecule has 0 aliphatic rings. The van der Waals surface area contributed by atoms with Crippen LogP contribution in [0.1, 0.15) is 18.9 Å². The zero-order valence-corrected chi connectivity index (χ0v) is 10.3. The fraction of sp³-hybridized carbons (Fsp3) is 0.250. The minimum atomic E-state index is 0.0674. The summed E-state index contributed by atoms with van der Waals surface area (Å²) in [5, 5.41) is 8.75. The lowest BCUT2D eigenvalue weighted by Crippen LogP contribution is -2.21. The van der Waals surface area contributed by atoms with Crippen LogP contribution < -0.4 is 5.32 Å². The van der Waals surface area contributed by atoms with Crippen LogP contribution in [0.3, 0.4) is 0 Å². The molecule has 0 atom stereocenters. The first-order valence-corrected chi connectivity index (χ1v) is 6.26. The van der Waals surface area contributed by atoms with Crippen LogP contribution in [0.15, 0.2) is 29.6 Å². The monoisotopic (exact) mass is 247 g/mol. The summed E-state index contributed by atoms with van der Waals surface area (Å²) < 4.78 is 3.83. The highest BCUT2D eigenvalue weighted by Crippen LogP contribution is 2.17. The molecule has 1 heterocycles. The maximum atomic E-state index is 11.1. The Balaban J connectivity index is 2.01. The van der Waals surface area contributed by atoms with E-state index in [0.29, 0.717) is 13.0 Å². The maximum absolute atomic E-state index is 11.1. The van der Waals surface area contributed by atoms with Crippen LogP contribution in [0.2, 0.25) is 0 Å². The Hall–Kier alpha value is -1.75. The molecular formula is C12H13N3OS. The molecule has 0 bridgehead atoms. The molecule has 0 radical (unpaired) electrons. The zero-order chi connectivity index (χ0) is 12.1. The second-order valence-electron chi connectivity index (χ2n) is 3.62. The summed E-state index contributed by atoms with van der Waals surface area (Å²) in [7, 11) is 0. The van der Waals surface area contributed by atoms with Crippen molar-refractivity contribution in [2.24, 2.45) is 0 Å². The van der Waals surface area contributed by atoms with E-state index in [2.05, 4.69) is 14.9 Å². The van der Waals surface area contributed by atoms with Crippen molar-refractivity contribution in [3.05, 3.63) is 35.2 Å². The summed E-state index contributed by atoms with van der Waals surface area (Å²) in [6.07, 6.45) is 0.516. The molecule has 0 saturated carbocycles. The first-order chi connectivity index (χ1) is 8.29. The first-order valence-electron chi connectivity index (χ1n) is 5.42. The SMILES string of the molecule is CCC(=O)NCc1ccc(-c2csnn2)cc1. The van der Waals surface area contributed by atoms with Gasteiger partial charge in [-0.05, 0) is 17.1 Å². The summed E-state index contributed by atoms with van der Waals surface area (Å²) in [5.74, 6) is 0.0674. The van der Waals surface area contributed by atoms with Gasteiger partial charge in [-0.25, -0.2) is 0 Å². The second kappa shape index (κ2) is 5.54. The van der Waals surface area contributed by atoms with Crippen molar-refractivity contribution < 1.29 is 4.79 Å². The van der Waals surface area contributed by atoms with Gasteiger partial charge in [0.25, 0.3) is 0 Å². The van der Waals surface area contributed by atoms with Crippen LogP contribution in [-0.2, 0) is 11.3 Å². The van der Waals surface area contributed by atoms with E-state index in [4.69, 9.17) is 0 Å². The molecule has 2 rings (SSSR count). The van der Waals surface area contributed by atoms with Crippen LogP contribution in [-0.4, -0.2) is 15.5 Å². The van der Waals surface area contributed by atoms with Gasteiger partial charge in [-0.2, -0.15) is 0 Å². The van der Waals surface area contributed by atoms with E-state index in [0.717, 1.165) is 16.8 Å². The summed E-state index contributed by atoms with van der Waals surface area (Å²) in [5.41, 5.74) is 3.02. The number of hydrogen-bond donors (Lipinski definition) is 1. The Kier molecular flexibility index (Phi) is 3.82.